The van der Waals surface area contributed by atoms with Crippen molar-refractivity contribution in [2.75, 3.05) is 14.2 Å². The minimum absolute atomic E-state index is 0.407. The lowest BCUT2D eigenvalue weighted by Gasteiger charge is -2.14. The third-order valence-corrected chi connectivity index (χ3v) is 3.15. The van der Waals surface area contributed by atoms with Gasteiger partial charge >= 0.3 is 0 Å². The van der Waals surface area contributed by atoms with Crippen LogP contribution in [0.15, 0.2) is 36.4 Å². The average molecular weight is 303 g/mol. The van der Waals surface area contributed by atoms with Crippen LogP contribution in [0, 0.1) is 11.3 Å². The molecule has 0 saturated heterocycles. The molecule has 0 amide bonds. The summed E-state index contributed by atoms with van der Waals surface area (Å²) in [5.41, 5.74) is 1.39. The number of para-hydroxylation sites is 1. The molecule has 0 fully saturated rings. The highest BCUT2D eigenvalue weighted by atomic mass is 35.5. The summed E-state index contributed by atoms with van der Waals surface area (Å²) in [6.45, 7) is 0.654. The molecule has 0 spiro atoms. The monoisotopic (exact) mass is 302 g/mol. The van der Waals surface area contributed by atoms with Gasteiger partial charge in [-0.05, 0) is 25.2 Å². The van der Waals surface area contributed by atoms with Gasteiger partial charge in [-0.2, -0.15) is 5.26 Å². The highest BCUT2D eigenvalue weighted by molar-refractivity contribution is 6.30. The zero-order chi connectivity index (χ0) is 15.2. The molecule has 0 aromatic heterocycles. The van der Waals surface area contributed by atoms with E-state index in [1.807, 2.05) is 19.2 Å². The maximum Gasteiger partial charge on any atom is 0.169 e. The van der Waals surface area contributed by atoms with E-state index in [0.29, 0.717) is 34.4 Å². The Labute approximate surface area is 128 Å². The third-order valence-electron chi connectivity index (χ3n) is 2.92. The van der Waals surface area contributed by atoms with Gasteiger partial charge < -0.3 is 14.8 Å². The first-order chi connectivity index (χ1) is 10.2. The van der Waals surface area contributed by atoms with E-state index in [0.717, 1.165) is 5.56 Å². The Morgan fingerprint density at radius 2 is 2.05 bits per heavy atom. The largest absolute Gasteiger partial charge is 0.492 e. The molecule has 2 rings (SSSR count). The first-order valence-electron chi connectivity index (χ1n) is 6.37. The number of nitrogens with zero attached hydrogens (tertiary/aromatic N) is 1. The molecule has 5 heteroatoms. The number of ether oxygens (including phenoxy) is 2. The Kier molecular flexibility index (Phi) is 5.04. The molecule has 0 aliphatic rings. The van der Waals surface area contributed by atoms with Crippen LogP contribution in [0.3, 0.4) is 0 Å². The molecule has 0 saturated carbocycles. The van der Waals surface area contributed by atoms with Gasteiger partial charge in [-0.1, -0.05) is 23.7 Å². The van der Waals surface area contributed by atoms with Crippen molar-refractivity contribution in [1.29, 1.82) is 5.26 Å². The number of nitrogens with one attached hydrogen (secondary N) is 1. The lowest BCUT2D eigenvalue weighted by molar-refractivity contribution is 0.373. The van der Waals surface area contributed by atoms with E-state index in [2.05, 4.69) is 11.4 Å². The minimum Gasteiger partial charge on any atom is -0.492 e. The van der Waals surface area contributed by atoms with Crippen molar-refractivity contribution >= 4 is 11.6 Å². The number of benzene rings is 2. The van der Waals surface area contributed by atoms with Gasteiger partial charge in [0.2, 0.25) is 0 Å². The lowest BCUT2D eigenvalue weighted by Crippen LogP contribution is -2.07. The number of hydrogen-bond acceptors (Lipinski definition) is 4. The molecule has 108 valence electrons. The molecule has 0 heterocycles. The van der Waals surface area contributed by atoms with E-state index in [1.54, 1.807) is 31.4 Å². The van der Waals surface area contributed by atoms with Crippen LogP contribution in [-0.2, 0) is 6.54 Å². The molecule has 2 aromatic carbocycles. The molecule has 0 aliphatic carbocycles. The van der Waals surface area contributed by atoms with Crippen LogP contribution in [0.1, 0.15) is 11.1 Å². The molecule has 0 radical (unpaired) electrons. The second-order valence-corrected chi connectivity index (χ2v) is 4.77. The van der Waals surface area contributed by atoms with E-state index in [-0.39, 0.29) is 0 Å². The van der Waals surface area contributed by atoms with E-state index < -0.39 is 0 Å². The van der Waals surface area contributed by atoms with E-state index in [1.165, 1.54) is 0 Å². The predicted octanol–water partition coefficient (Wildman–Crippen LogP) is 3.73. The van der Waals surface area contributed by atoms with Gasteiger partial charge in [0.15, 0.2) is 11.5 Å². The van der Waals surface area contributed by atoms with Crippen LogP contribution in [0.25, 0.3) is 0 Å². The second kappa shape index (κ2) is 6.98. The zero-order valence-electron chi connectivity index (χ0n) is 11.8. The Balaban J connectivity index is 2.42. The summed E-state index contributed by atoms with van der Waals surface area (Å²) in [5.74, 6) is 1.59. The van der Waals surface area contributed by atoms with Crippen molar-refractivity contribution in [3.63, 3.8) is 0 Å². The topological polar surface area (TPSA) is 54.3 Å². The van der Waals surface area contributed by atoms with Crippen LogP contribution in [0.4, 0.5) is 0 Å². The van der Waals surface area contributed by atoms with E-state index in [4.69, 9.17) is 26.3 Å². The summed E-state index contributed by atoms with van der Waals surface area (Å²) in [7, 11) is 3.45. The van der Waals surface area contributed by atoms with Crippen LogP contribution in [0.2, 0.25) is 5.02 Å². The van der Waals surface area contributed by atoms with Gasteiger partial charge in [-0.15, -0.1) is 0 Å². The Hall–Kier alpha value is -2.22. The van der Waals surface area contributed by atoms with Crippen LogP contribution < -0.4 is 14.8 Å². The molecule has 0 bridgehead atoms. The summed E-state index contributed by atoms with van der Waals surface area (Å²) in [4.78, 5) is 0. The van der Waals surface area contributed by atoms with Gasteiger partial charge in [0.25, 0.3) is 0 Å². The van der Waals surface area contributed by atoms with Gasteiger partial charge in [-0.3, -0.25) is 0 Å². The molecule has 21 heavy (non-hydrogen) atoms. The van der Waals surface area contributed by atoms with Gasteiger partial charge in [0.1, 0.15) is 11.8 Å². The second-order valence-electron chi connectivity index (χ2n) is 4.33. The average Bonchev–Trinajstić information content (AvgIpc) is 2.48. The number of nitriles is 1. The van der Waals surface area contributed by atoms with Crippen molar-refractivity contribution < 1.29 is 9.47 Å². The molecule has 4 nitrogen and oxygen atoms in total. The van der Waals surface area contributed by atoms with Crippen LogP contribution >= 0.6 is 11.6 Å². The number of methoxy groups -OCH3 is 1. The number of rotatable bonds is 5. The predicted molar refractivity (Wildman–Crippen MR) is 82.0 cm³/mol. The molecular weight excluding hydrogens is 288 g/mol. The fraction of sp³-hybridized carbons (Fsp3) is 0.188. The van der Waals surface area contributed by atoms with Crippen molar-refractivity contribution in [2.24, 2.45) is 0 Å². The molecule has 1 N–H and O–H groups in total. The SMILES string of the molecule is CNCc1cccc(Oc2cc(Cl)ccc2C#N)c1OC. The van der Waals surface area contributed by atoms with Crippen molar-refractivity contribution in [3.8, 4) is 23.3 Å². The molecule has 2 aromatic rings. The third kappa shape index (κ3) is 3.46. The number of hydrogen-bond donors (Lipinski definition) is 1. The molecule has 0 aliphatic heterocycles. The van der Waals surface area contributed by atoms with Gasteiger partial charge in [-0.25, -0.2) is 0 Å². The standard InChI is InChI=1S/C16H15ClN2O2/c1-19-10-12-4-3-5-14(16(12)20-2)21-15-8-13(17)7-6-11(15)9-18/h3-8,19H,10H2,1-2H3. The molecule has 0 atom stereocenters. The normalized spacial score (nSPS) is 10.0. The minimum atomic E-state index is 0.407. The quantitative estimate of drug-likeness (QED) is 0.914. The summed E-state index contributed by atoms with van der Waals surface area (Å²) in [5, 5.41) is 12.7. The Morgan fingerprint density at radius 3 is 2.71 bits per heavy atom. The smallest absolute Gasteiger partial charge is 0.169 e. The van der Waals surface area contributed by atoms with E-state index >= 15 is 0 Å². The number of halogens is 1. The van der Waals surface area contributed by atoms with Gasteiger partial charge in [0, 0.05) is 23.2 Å². The lowest BCUT2D eigenvalue weighted by atomic mass is 10.1. The molecular formula is C16H15ClN2O2. The summed E-state index contributed by atoms with van der Waals surface area (Å²) >= 11 is 5.96. The Bertz CT molecular complexity index is 680. The zero-order valence-corrected chi connectivity index (χ0v) is 12.6. The van der Waals surface area contributed by atoms with Gasteiger partial charge in [0.05, 0.1) is 12.7 Å². The summed E-state index contributed by atoms with van der Waals surface area (Å²) < 4.78 is 11.3. The summed E-state index contributed by atoms with van der Waals surface area (Å²) in [6, 6.07) is 12.6. The maximum atomic E-state index is 9.14. The van der Waals surface area contributed by atoms with E-state index in [9.17, 15) is 0 Å². The maximum absolute atomic E-state index is 9.14. The van der Waals surface area contributed by atoms with Crippen LogP contribution in [-0.4, -0.2) is 14.2 Å². The fourth-order valence-corrected chi connectivity index (χ4v) is 2.16. The molecule has 0 unspecified atom stereocenters. The van der Waals surface area contributed by atoms with Crippen molar-refractivity contribution in [3.05, 3.63) is 52.5 Å². The first-order valence-corrected chi connectivity index (χ1v) is 6.75. The van der Waals surface area contributed by atoms with Crippen molar-refractivity contribution in [1.82, 2.24) is 5.32 Å². The summed E-state index contributed by atoms with van der Waals surface area (Å²) in [6.07, 6.45) is 0. The first kappa shape index (κ1) is 15.2. The highest BCUT2D eigenvalue weighted by Crippen LogP contribution is 2.36. The van der Waals surface area contributed by atoms with Crippen molar-refractivity contribution in [2.45, 2.75) is 6.54 Å². The Morgan fingerprint density at radius 1 is 1.24 bits per heavy atom. The highest BCUT2D eigenvalue weighted by Gasteiger charge is 2.13. The fourth-order valence-electron chi connectivity index (χ4n) is 1.99. The van der Waals surface area contributed by atoms with Crippen LogP contribution in [0.5, 0.6) is 17.2 Å².